The van der Waals surface area contributed by atoms with Crippen LogP contribution >= 0.6 is 0 Å². The van der Waals surface area contributed by atoms with E-state index in [0.29, 0.717) is 30.6 Å². The number of aromatic amines is 1. The average molecular weight is 451 g/mol. The van der Waals surface area contributed by atoms with Crippen molar-refractivity contribution in [2.45, 2.75) is 31.4 Å². The molecule has 2 aromatic rings. The number of hydrogen-bond donors (Lipinski definition) is 2. The molecule has 2 unspecified atom stereocenters. The zero-order valence-electron chi connectivity index (χ0n) is 17.9. The van der Waals surface area contributed by atoms with Crippen LogP contribution in [0.25, 0.3) is 0 Å². The first-order valence-corrected chi connectivity index (χ1v) is 10.6. The van der Waals surface area contributed by atoms with Crippen molar-refractivity contribution in [2.75, 3.05) is 18.0 Å². The topological polar surface area (TPSA) is 112 Å². The second-order valence-electron chi connectivity index (χ2n) is 8.27. The SMILES string of the molecule is C[C@H]1CC2CN(C(=O)/C=C/C(F)(F)c3ccc/c(=N/C=N)[nH]3)CC1N2c1ccc(C#N)cn1. The zero-order valence-corrected chi connectivity index (χ0v) is 17.9. The van der Waals surface area contributed by atoms with Crippen molar-refractivity contribution in [3.8, 4) is 6.07 Å². The van der Waals surface area contributed by atoms with Crippen molar-refractivity contribution in [3.63, 3.8) is 0 Å². The van der Waals surface area contributed by atoms with E-state index in [0.717, 1.165) is 24.7 Å². The van der Waals surface area contributed by atoms with E-state index in [1.165, 1.54) is 24.4 Å². The molecule has 1 amide bonds. The van der Waals surface area contributed by atoms with Gasteiger partial charge in [0.25, 0.3) is 0 Å². The minimum absolute atomic E-state index is 0.0230. The molecule has 2 fully saturated rings. The molecule has 10 heteroatoms. The number of likely N-dealkylation sites (tertiary alicyclic amines) is 1. The number of allylic oxidation sites excluding steroid dienone is 1. The average Bonchev–Trinajstić information content (AvgIpc) is 3.01. The number of carbonyl (C=O) groups is 1. The first kappa shape index (κ1) is 22.3. The monoisotopic (exact) mass is 451 g/mol. The van der Waals surface area contributed by atoms with E-state index >= 15 is 0 Å². The molecule has 0 saturated carbocycles. The summed E-state index contributed by atoms with van der Waals surface area (Å²) in [6.07, 6.45) is 4.68. The van der Waals surface area contributed by atoms with Gasteiger partial charge in [0.2, 0.25) is 5.91 Å². The summed E-state index contributed by atoms with van der Waals surface area (Å²) in [6.45, 7) is 2.94. The highest BCUT2D eigenvalue weighted by Crippen LogP contribution is 2.37. The third-order valence-corrected chi connectivity index (χ3v) is 6.12. The third kappa shape index (κ3) is 4.53. The lowest BCUT2D eigenvalue weighted by atomic mass is 10.0. The van der Waals surface area contributed by atoms with Crippen LogP contribution in [0.3, 0.4) is 0 Å². The molecule has 0 radical (unpaired) electrons. The Hall–Kier alpha value is -3.87. The number of aromatic nitrogens is 2. The Balaban J connectivity index is 1.48. The van der Waals surface area contributed by atoms with Gasteiger partial charge in [-0.2, -0.15) is 14.0 Å². The van der Waals surface area contributed by atoms with Crippen molar-refractivity contribution in [3.05, 3.63) is 65.4 Å². The van der Waals surface area contributed by atoms with Crippen LogP contribution in [0.1, 0.15) is 24.6 Å². The van der Waals surface area contributed by atoms with E-state index < -0.39 is 17.5 Å². The van der Waals surface area contributed by atoms with Crippen LogP contribution in [0.15, 0.2) is 53.7 Å². The maximum atomic E-state index is 14.6. The molecule has 2 aliphatic rings. The fraction of sp³-hybridized carbons (Fsp3) is 0.348. The Morgan fingerprint density at radius 1 is 1.36 bits per heavy atom. The number of carbonyl (C=O) groups excluding carboxylic acids is 1. The van der Waals surface area contributed by atoms with E-state index in [9.17, 15) is 13.6 Å². The van der Waals surface area contributed by atoms with Gasteiger partial charge in [-0.05, 0) is 42.7 Å². The Morgan fingerprint density at radius 2 is 2.18 bits per heavy atom. The summed E-state index contributed by atoms with van der Waals surface area (Å²) in [5.74, 6) is -2.80. The summed E-state index contributed by atoms with van der Waals surface area (Å²) in [5, 5.41) is 16.0. The van der Waals surface area contributed by atoms with Crippen LogP contribution in [0.4, 0.5) is 14.6 Å². The van der Waals surface area contributed by atoms with Crippen LogP contribution in [-0.4, -0.2) is 52.3 Å². The number of piperazine rings is 1. The zero-order chi connectivity index (χ0) is 23.6. The summed E-state index contributed by atoms with van der Waals surface area (Å²) in [4.78, 5) is 27.1. The number of alkyl halides is 2. The van der Waals surface area contributed by atoms with Crippen LogP contribution < -0.4 is 10.4 Å². The van der Waals surface area contributed by atoms with Gasteiger partial charge in [0.15, 0.2) is 0 Å². The third-order valence-electron chi connectivity index (χ3n) is 6.12. The summed E-state index contributed by atoms with van der Waals surface area (Å²) in [6, 6.07) is 9.73. The molecule has 2 N–H and O–H groups in total. The van der Waals surface area contributed by atoms with E-state index in [1.807, 2.05) is 6.07 Å². The van der Waals surface area contributed by atoms with Gasteiger partial charge in [0.1, 0.15) is 23.7 Å². The minimum atomic E-state index is -3.40. The van der Waals surface area contributed by atoms with Gasteiger partial charge in [-0.1, -0.05) is 13.0 Å². The van der Waals surface area contributed by atoms with Crippen molar-refractivity contribution in [1.82, 2.24) is 14.9 Å². The van der Waals surface area contributed by atoms with Crippen molar-refractivity contribution in [2.24, 2.45) is 10.9 Å². The van der Waals surface area contributed by atoms with Gasteiger partial charge in [-0.25, -0.2) is 9.98 Å². The normalized spacial score (nSPS) is 23.1. The van der Waals surface area contributed by atoms with Gasteiger partial charge in [0.05, 0.1) is 17.3 Å². The number of H-pyrrole nitrogens is 1. The Kier molecular flexibility index (Phi) is 6.05. The second kappa shape index (κ2) is 8.94. The fourth-order valence-corrected chi connectivity index (χ4v) is 4.54. The minimum Gasteiger partial charge on any atom is -0.347 e. The summed E-state index contributed by atoms with van der Waals surface area (Å²) >= 11 is 0. The second-order valence-corrected chi connectivity index (χ2v) is 8.27. The van der Waals surface area contributed by atoms with Gasteiger partial charge < -0.3 is 14.8 Å². The molecule has 0 spiro atoms. The van der Waals surface area contributed by atoms with Crippen LogP contribution in [0.5, 0.6) is 0 Å². The Morgan fingerprint density at radius 3 is 2.85 bits per heavy atom. The van der Waals surface area contributed by atoms with Crippen molar-refractivity contribution >= 4 is 18.1 Å². The standard InChI is InChI=1S/C23H23F2N7O/c1-15-9-17-12-31(13-18(15)32(17)21-6-5-16(10-26)11-28-21)22(33)7-8-23(24,25)19-3-2-4-20(30-19)29-14-27/h2-8,11,14-15,17-18H,9,12-13H2,1H3,(H2,27,29,30)/b8-7+/t15-,17?,18?/m0/s1. The number of rotatable bonds is 5. The molecule has 3 atom stereocenters. The fourth-order valence-electron chi connectivity index (χ4n) is 4.54. The molecule has 0 aliphatic carbocycles. The molecule has 0 aromatic carbocycles. The predicted octanol–water partition coefficient (Wildman–Crippen LogP) is 2.56. The van der Waals surface area contributed by atoms with Gasteiger partial charge >= 0.3 is 5.92 Å². The van der Waals surface area contributed by atoms with E-state index in [4.69, 9.17) is 10.7 Å². The van der Waals surface area contributed by atoms with Crippen molar-refractivity contribution in [1.29, 1.82) is 10.7 Å². The van der Waals surface area contributed by atoms with E-state index in [2.05, 4.69) is 32.9 Å². The lowest BCUT2D eigenvalue weighted by molar-refractivity contribution is -0.127. The molecular formula is C23H23F2N7O. The number of pyridine rings is 2. The molecule has 8 nitrogen and oxygen atoms in total. The number of amides is 1. The van der Waals surface area contributed by atoms with Crippen LogP contribution in [0.2, 0.25) is 0 Å². The molecule has 2 aliphatic heterocycles. The number of nitriles is 1. The van der Waals surface area contributed by atoms with Crippen molar-refractivity contribution < 1.29 is 13.6 Å². The largest absolute Gasteiger partial charge is 0.347 e. The molecule has 170 valence electrons. The molecule has 2 aromatic heterocycles. The molecule has 4 rings (SSSR count). The summed E-state index contributed by atoms with van der Waals surface area (Å²) in [7, 11) is 0. The maximum absolute atomic E-state index is 14.6. The number of halogens is 2. The lowest BCUT2D eigenvalue weighted by Gasteiger charge is -2.42. The quantitative estimate of drug-likeness (QED) is 0.413. The van der Waals surface area contributed by atoms with Gasteiger partial charge in [-0.15, -0.1) is 0 Å². The summed E-state index contributed by atoms with van der Waals surface area (Å²) in [5.41, 5.74) is 0.188. The molecule has 2 bridgehead atoms. The summed E-state index contributed by atoms with van der Waals surface area (Å²) < 4.78 is 29.3. The first-order chi connectivity index (χ1) is 15.8. The molecular weight excluding hydrogens is 428 g/mol. The van der Waals surface area contributed by atoms with E-state index in [1.54, 1.807) is 11.0 Å². The maximum Gasteiger partial charge on any atom is 0.306 e. The molecule has 2 saturated heterocycles. The highest BCUT2D eigenvalue weighted by atomic mass is 19.3. The van der Waals surface area contributed by atoms with Gasteiger partial charge in [0, 0.05) is 31.4 Å². The predicted molar refractivity (Wildman–Crippen MR) is 118 cm³/mol. The highest BCUT2D eigenvalue weighted by Gasteiger charge is 2.45. The molecule has 33 heavy (non-hydrogen) atoms. The Labute approximate surface area is 189 Å². The number of nitrogens with one attached hydrogen (secondary N) is 2. The number of nitrogens with zero attached hydrogens (tertiary/aromatic N) is 5. The number of hydrogen-bond acceptors (Lipinski definition) is 5. The highest BCUT2D eigenvalue weighted by molar-refractivity contribution is 5.88. The molecule has 4 heterocycles. The number of anilines is 1. The van der Waals surface area contributed by atoms with E-state index in [-0.39, 0.29) is 17.6 Å². The van der Waals surface area contributed by atoms with Gasteiger partial charge in [-0.3, -0.25) is 10.2 Å². The Bertz CT molecular complexity index is 1180. The van der Waals surface area contributed by atoms with Crippen LogP contribution in [-0.2, 0) is 10.7 Å². The first-order valence-electron chi connectivity index (χ1n) is 10.6. The number of fused-ring (bicyclic) bond motifs is 2. The smallest absolute Gasteiger partial charge is 0.306 e. The lowest BCUT2D eigenvalue weighted by Crippen LogP contribution is -2.56. The van der Waals surface area contributed by atoms with Crippen LogP contribution in [0, 0.1) is 22.7 Å².